The Hall–Kier alpha value is -3.45. The van der Waals surface area contributed by atoms with Crippen LogP contribution in [0.2, 0.25) is 0 Å². The van der Waals surface area contributed by atoms with E-state index in [9.17, 15) is 19.5 Å². The summed E-state index contributed by atoms with van der Waals surface area (Å²) in [6.07, 6.45) is 56.2. The second kappa shape index (κ2) is 42.7. The molecule has 0 aliphatic heterocycles. The smallest absolute Gasteiger partial charge is 0.326 e. The van der Waals surface area contributed by atoms with Crippen LogP contribution in [-0.4, -0.2) is 41.6 Å². The number of hydrogen-bond acceptors (Lipinski definition) is 5. The first-order valence-electron chi connectivity index (χ1n) is 22.4. The molecular formula is C49H82N2O5. The average Bonchev–Trinajstić information content (AvgIpc) is 3.18. The van der Waals surface area contributed by atoms with Crippen molar-refractivity contribution < 1.29 is 24.2 Å². The maximum absolute atomic E-state index is 12.8. The van der Waals surface area contributed by atoms with E-state index in [1.165, 1.54) is 19.3 Å². The lowest BCUT2D eigenvalue weighted by atomic mass is 10.0. The first kappa shape index (κ1) is 52.6. The molecule has 1 amide bonds. The van der Waals surface area contributed by atoms with Crippen molar-refractivity contribution in [3.63, 3.8) is 0 Å². The Morgan fingerprint density at radius 2 is 1.00 bits per heavy atom. The van der Waals surface area contributed by atoms with Crippen LogP contribution in [0.4, 0.5) is 0 Å². The number of amides is 1. The molecule has 2 atom stereocenters. The van der Waals surface area contributed by atoms with Crippen LogP contribution in [0, 0.1) is 0 Å². The molecule has 7 heteroatoms. The molecule has 0 aliphatic carbocycles. The van der Waals surface area contributed by atoms with Crippen LogP contribution in [0.15, 0.2) is 85.1 Å². The number of nitrogens with one attached hydrogen (secondary N) is 1. The molecular weight excluding hydrogens is 697 g/mol. The molecule has 0 aromatic rings. The molecule has 7 nitrogen and oxygen atoms in total. The molecule has 2 unspecified atom stereocenters. The Morgan fingerprint density at radius 1 is 0.536 bits per heavy atom. The monoisotopic (exact) mass is 779 g/mol. The fraction of sp³-hybridized carbons (Fsp3) is 0.653. The van der Waals surface area contributed by atoms with E-state index in [1.807, 2.05) is 0 Å². The number of carboxylic acid groups (broad SMARTS) is 1. The van der Waals surface area contributed by atoms with Crippen LogP contribution < -0.4 is 11.1 Å². The number of carbonyl (C=O) groups is 3. The second-order valence-corrected chi connectivity index (χ2v) is 14.7. The number of hydrogen-bond donors (Lipinski definition) is 3. The number of nitrogens with two attached hydrogens (primary N) is 1. The van der Waals surface area contributed by atoms with Crippen molar-refractivity contribution in [3.8, 4) is 0 Å². The number of esters is 1. The highest BCUT2D eigenvalue weighted by molar-refractivity contribution is 5.83. The van der Waals surface area contributed by atoms with Gasteiger partial charge >= 0.3 is 11.9 Å². The highest BCUT2D eigenvalue weighted by atomic mass is 16.5. The van der Waals surface area contributed by atoms with Gasteiger partial charge in [-0.1, -0.05) is 137 Å². The van der Waals surface area contributed by atoms with Crippen molar-refractivity contribution in [1.82, 2.24) is 5.32 Å². The molecule has 0 radical (unpaired) electrons. The molecule has 0 aliphatic rings. The van der Waals surface area contributed by atoms with Gasteiger partial charge in [-0.2, -0.15) is 0 Å². The minimum atomic E-state index is -1.01. The number of unbranched alkanes of at least 4 members (excludes halogenated alkanes) is 11. The summed E-state index contributed by atoms with van der Waals surface area (Å²) in [6.45, 7) is 4.79. The van der Waals surface area contributed by atoms with Crippen LogP contribution >= 0.6 is 0 Å². The van der Waals surface area contributed by atoms with Gasteiger partial charge in [0.1, 0.15) is 12.1 Å². The number of carboxylic acids is 1. The molecule has 0 aromatic carbocycles. The molecule has 0 spiro atoms. The number of aliphatic carboxylic acids is 1. The van der Waals surface area contributed by atoms with Gasteiger partial charge in [0.05, 0.1) is 0 Å². The lowest BCUT2D eigenvalue weighted by Crippen LogP contribution is -2.40. The fourth-order valence-electron chi connectivity index (χ4n) is 6.10. The lowest BCUT2D eigenvalue weighted by Gasteiger charge is -2.18. The zero-order valence-corrected chi connectivity index (χ0v) is 35.7. The highest BCUT2D eigenvalue weighted by Gasteiger charge is 2.19. The van der Waals surface area contributed by atoms with Crippen LogP contribution in [0.25, 0.3) is 0 Å². The molecule has 0 rings (SSSR count). The van der Waals surface area contributed by atoms with E-state index >= 15 is 0 Å². The molecule has 318 valence electrons. The summed E-state index contributed by atoms with van der Waals surface area (Å²) in [4.78, 5) is 36.4. The highest BCUT2D eigenvalue weighted by Crippen LogP contribution is 2.17. The van der Waals surface area contributed by atoms with Crippen molar-refractivity contribution in [2.24, 2.45) is 5.73 Å². The van der Waals surface area contributed by atoms with E-state index in [0.29, 0.717) is 32.2 Å². The number of rotatable bonds is 39. The van der Waals surface area contributed by atoms with Crippen molar-refractivity contribution in [2.45, 2.75) is 199 Å². The summed E-state index contributed by atoms with van der Waals surface area (Å²) in [7, 11) is 0. The van der Waals surface area contributed by atoms with Gasteiger partial charge in [0.2, 0.25) is 5.91 Å². The van der Waals surface area contributed by atoms with Crippen molar-refractivity contribution in [2.75, 3.05) is 6.54 Å². The summed E-state index contributed by atoms with van der Waals surface area (Å²) in [5.74, 6) is -1.31. The Labute approximate surface area is 343 Å². The maximum atomic E-state index is 12.8. The zero-order valence-electron chi connectivity index (χ0n) is 35.7. The van der Waals surface area contributed by atoms with Gasteiger partial charge in [-0.05, 0) is 129 Å². The first-order valence-corrected chi connectivity index (χ1v) is 22.4. The zero-order chi connectivity index (χ0) is 41.0. The number of allylic oxidation sites excluding steroid dienone is 14. The molecule has 4 N–H and O–H groups in total. The minimum absolute atomic E-state index is 0.0529. The normalized spacial score (nSPS) is 13.5. The van der Waals surface area contributed by atoms with Gasteiger partial charge < -0.3 is 20.9 Å². The summed E-state index contributed by atoms with van der Waals surface area (Å²) < 4.78 is 6.01. The topological polar surface area (TPSA) is 119 Å². The first-order chi connectivity index (χ1) is 27.4. The third-order valence-corrected chi connectivity index (χ3v) is 9.44. The molecule has 0 aromatic heterocycles. The second-order valence-electron chi connectivity index (χ2n) is 14.7. The fourth-order valence-corrected chi connectivity index (χ4v) is 6.10. The molecule has 56 heavy (non-hydrogen) atoms. The van der Waals surface area contributed by atoms with Crippen molar-refractivity contribution >= 4 is 17.8 Å². The molecule has 0 saturated carbocycles. The summed E-state index contributed by atoms with van der Waals surface area (Å²) in [5, 5.41) is 11.9. The Bertz CT molecular complexity index is 1150. The standard InChI is InChI=1S/C49H82N2O5/c1-3-5-7-9-11-13-15-16-17-18-19-20-21-22-24-26-28-33-37-43-48(53)56-45(39-34-30-27-25-23-14-12-10-8-6-4-2)40-35-31-29-32-36-42-47(52)51-46(49(54)55)41-38-44-50/h5,7,11-14,16-17,19-20,22,24-25,27,45-46H,3-4,6,8-10,15,18,21,23,26,28-44,50H2,1-2H3,(H,51,52)(H,54,55)/b7-5-,13-11-,14-12-,17-16-,20-19-,24-22-,27-25-. The minimum Gasteiger partial charge on any atom is -0.480 e. The van der Waals surface area contributed by atoms with E-state index < -0.39 is 12.0 Å². The third-order valence-electron chi connectivity index (χ3n) is 9.44. The van der Waals surface area contributed by atoms with E-state index in [4.69, 9.17) is 10.5 Å². The van der Waals surface area contributed by atoms with Gasteiger partial charge in [-0.15, -0.1) is 0 Å². The van der Waals surface area contributed by atoms with Gasteiger partial charge in [-0.3, -0.25) is 9.59 Å². The van der Waals surface area contributed by atoms with Gasteiger partial charge in [0.25, 0.3) is 0 Å². The average molecular weight is 779 g/mol. The molecule has 0 fully saturated rings. The number of carbonyl (C=O) groups excluding carboxylic acids is 2. The predicted molar refractivity (Wildman–Crippen MR) is 238 cm³/mol. The van der Waals surface area contributed by atoms with E-state index in [2.05, 4.69) is 104 Å². The van der Waals surface area contributed by atoms with Crippen LogP contribution in [0.5, 0.6) is 0 Å². The predicted octanol–water partition coefficient (Wildman–Crippen LogP) is 12.9. The van der Waals surface area contributed by atoms with Crippen LogP contribution in [-0.2, 0) is 19.1 Å². The summed E-state index contributed by atoms with van der Waals surface area (Å²) >= 11 is 0. The van der Waals surface area contributed by atoms with Gasteiger partial charge in [-0.25, -0.2) is 4.79 Å². The summed E-state index contributed by atoms with van der Waals surface area (Å²) in [6, 6.07) is -0.868. The van der Waals surface area contributed by atoms with E-state index in [-0.39, 0.29) is 18.0 Å². The Balaban J connectivity index is 4.42. The van der Waals surface area contributed by atoms with Crippen LogP contribution in [0.1, 0.15) is 187 Å². The molecule has 0 heterocycles. The Morgan fingerprint density at radius 3 is 1.55 bits per heavy atom. The number of ether oxygens (including phenoxy) is 1. The third kappa shape index (κ3) is 38.8. The van der Waals surface area contributed by atoms with Crippen LogP contribution in [0.3, 0.4) is 0 Å². The quantitative estimate of drug-likeness (QED) is 0.0325. The molecule has 0 saturated heterocycles. The van der Waals surface area contributed by atoms with Crippen molar-refractivity contribution in [1.29, 1.82) is 0 Å². The largest absolute Gasteiger partial charge is 0.480 e. The summed E-state index contributed by atoms with van der Waals surface area (Å²) in [5.41, 5.74) is 5.48. The SMILES string of the molecule is CC/C=C\C/C=C\C/C=C\C/C=C\C/C=C\CCCCCC(=O)OC(CCC/C=C\C/C=C\CCCCC)CCCCCCCC(=O)NC(CCCN)C(=O)O. The lowest BCUT2D eigenvalue weighted by molar-refractivity contribution is -0.150. The maximum Gasteiger partial charge on any atom is 0.326 e. The van der Waals surface area contributed by atoms with E-state index in [1.54, 1.807) is 0 Å². The van der Waals surface area contributed by atoms with E-state index in [0.717, 1.165) is 128 Å². The van der Waals surface area contributed by atoms with Gasteiger partial charge in [0.15, 0.2) is 0 Å². The molecule has 0 bridgehead atoms. The van der Waals surface area contributed by atoms with Crippen molar-refractivity contribution in [3.05, 3.63) is 85.1 Å². The Kier molecular flexibility index (Phi) is 40.1. The van der Waals surface area contributed by atoms with Gasteiger partial charge in [0, 0.05) is 12.8 Å².